The number of nitrogens with zero attached hydrogens (tertiary/aromatic N) is 1. The molecule has 0 aliphatic heterocycles. The first kappa shape index (κ1) is 21.0. The molecule has 0 spiro atoms. The molecule has 1 heterocycles. The van der Waals surface area contributed by atoms with Crippen LogP contribution in [0.3, 0.4) is 0 Å². The summed E-state index contributed by atoms with van der Waals surface area (Å²) in [6, 6.07) is 16.8. The molecular formula is C27H29N. The molecule has 1 nitrogen and oxygen atoms in total. The Hall–Kier alpha value is -3.32. The lowest BCUT2D eigenvalue weighted by atomic mass is 10.0. The lowest BCUT2D eigenvalue weighted by molar-refractivity contribution is 1.11. The van der Waals surface area contributed by atoms with Gasteiger partial charge in [-0.3, -0.25) is 0 Å². The minimum Gasteiger partial charge on any atom is -0.309 e. The Labute approximate surface area is 169 Å². The van der Waals surface area contributed by atoms with E-state index in [1.807, 2.05) is 69.4 Å². The molecule has 0 bridgehead atoms. The Balaban J connectivity index is 0.00000136. The summed E-state index contributed by atoms with van der Waals surface area (Å²) in [5.74, 6) is 0. The van der Waals surface area contributed by atoms with Gasteiger partial charge in [-0.15, -0.1) is 0 Å². The maximum absolute atomic E-state index is 4.03. The molecule has 28 heavy (non-hydrogen) atoms. The average Bonchev–Trinajstić information content (AvgIpc) is 3.09. The van der Waals surface area contributed by atoms with Crippen LogP contribution in [0.2, 0.25) is 0 Å². The first-order chi connectivity index (χ1) is 13.7. The van der Waals surface area contributed by atoms with Crippen LogP contribution in [0.25, 0.3) is 34.3 Å². The lowest BCUT2D eigenvalue weighted by Gasteiger charge is -2.09. The maximum atomic E-state index is 4.03. The summed E-state index contributed by atoms with van der Waals surface area (Å²) in [5.41, 5.74) is 6.62. The zero-order chi connectivity index (χ0) is 20.5. The van der Waals surface area contributed by atoms with Crippen molar-refractivity contribution >= 4 is 28.6 Å². The number of hydrogen-bond donors (Lipinski definition) is 0. The lowest BCUT2D eigenvalue weighted by Crippen LogP contribution is -1.96. The quantitative estimate of drug-likeness (QED) is 0.388. The summed E-state index contributed by atoms with van der Waals surface area (Å²) in [6.07, 6.45) is 11.8. The molecule has 0 radical (unpaired) electrons. The first-order valence-electron chi connectivity index (χ1n) is 9.69. The van der Waals surface area contributed by atoms with E-state index < -0.39 is 0 Å². The van der Waals surface area contributed by atoms with Gasteiger partial charge in [0.1, 0.15) is 0 Å². The third kappa shape index (κ3) is 3.99. The smallest absolute Gasteiger partial charge is 0.0541 e. The maximum Gasteiger partial charge on any atom is 0.0541 e. The highest BCUT2D eigenvalue weighted by Crippen LogP contribution is 2.33. The van der Waals surface area contributed by atoms with Crippen LogP contribution in [-0.4, -0.2) is 4.57 Å². The van der Waals surface area contributed by atoms with E-state index in [2.05, 4.69) is 60.7 Å². The van der Waals surface area contributed by atoms with Crippen molar-refractivity contribution in [3.05, 3.63) is 109 Å². The second kappa shape index (κ2) is 10.1. The number of aromatic nitrogens is 1. The summed E-state index contributed by atoms with van der Waals surface area (Å²) in [6.45, 7) is 18.0. The molecule has 0 saturated heterocycles. The molecule has 3 aromatic rings. The minimum atomic E-state index is 1.05. The van der Waals surface area contributed by atoms with E-state index in [9.17, 15) is 0 Å². The highest BCUT2D eigenvalue weighted by molar-refractivity contribution is 5.97. The molecule has 0 atom stereocenters. The van der Waals surface area contributed by atoms with Gasteiger partial charge >= 0.3 is 0 Å². The van der Waals surface area contributed by atoms with Gasteiger partial charge in [-0.25, -0.2) is 0 Å². The Kier molecular flexibility index (Phi) is 7.59. The van der Waals surface area contributed by atoms with Gasteiger partial charge in [0.05, 0.1) is 11.2 Å². The Morgan fingerprint density at radius 1 is 0.929 bits per heavy atom. The van der Waals surface area contributed by atoms with Crippen molar-refractivity contribution in [1.82, 2.24) is 4.57 Å². The van der Waals surface area contributed by atoms with Crippen LogP contribution in [0.5, 0.6) is 0 Å². The van der Waals surface area contributed by atoms with E-state index in [-0.39, 0.29) is 0 Å². The van der Waals surface area contributed by atoms with Crippen molar-refractivity contribution in [3.8, 4) is 5.69 Å². The van der Waals surface area contributed by atoms with Crippen LogP contribution >= 0.6 is 0 Å². The summed E-state index contributed by atoms with van der Waals surface area (Å²) in [4.78, 5) is 0. The summed E-state index contributed by atoms with van der Waals surface area (Å²) in [7, 11) is 0. The van der Waals surface area contributed by atoms with Crippen LogP contribution in [0.1, 0.15) is 37.6 Å². The second-order valence-corrected chi connectivity index (χ2v) is 5.96. The largest absolute Gasteiger partial charge is 0.309 e. The normalized spacial score (nSPS) is 11.2. The van der Waals surface area contributed by atoms with Gasteiger partial charge in [-0.05, 0) is 48.4 Å². The molecule has 0 amide bonds. The van der Waals surface area contributed by atoms with Crippen molar-refractivity contribution < 1.29 is 0 Å². The number of para-hydroxylation sites is 1. The minimum absolute atomic E-state index is 1.05. The van der Waals surface area contributed by atoms with Gasteiger partial charge < -0.3 is 4.57 Å². The monoisotopic (exact) mass is 367 g/mol. The molecule has 1 heteroatoms. The molecule has 1 aromatic heterocycles. The second-order valence-electron chi connectivity index (χ2n) is 5.96. The van der Waals surface area contributed by atoms with E-state index in [1.54, 1.807) is 0 Å². The molecule has 0 aliphatic rings. The Bertz CT molecular complexity index is 1030. The number of fused-ring (bicyclic) bond motifs is 1. The topological polar surface area (TPSA) is 4.93 Å². The van der Waals surface area contributed by atoms with Crippen molar-refractivity contribution in [3.63, 3.8) is 0 Å². The Morgan fingerprint density at radius 3 is 2.21 bits per heavy atom. The molecule has 0 aliphatic carbocycles. The summed E-state index contributed by atoms with van der Waals surface area (Å²) >= 11 is 0. The predicted octanol–water partition coefficient (Wildman–Crippen LogP) is 8.09. The highest BCUT2D eigenvalue weighted by atomic mass is 15.0. The zero-order valence-corrected chi connectivity index (χ0v) is 17.2. The van der Waals surface area contributed by atoms with Gasteiger partial charge in [0.25, 0.3) is 0 Å². The first-order valence-corrected chi connectivity index (χ1v) is 9.69. The average molecular weight is 368 g/mol. The van der Waals surface area contributed by atoms with Crippen LogP contribution in [0.4, 0.5) is 0 Å². The van der Waals surface area contributed by atoms with E-state index in [0.29, 0.717) is 0 Å². The van der Waals surface area contributed by atoms with Gasteiger partial charge in [-0.2, -0.15) is 0 Å². The van der Waals surface area contributed by atoms with Gasteiger partial charge in [0, 0.05) is 16.6 Å². The zero-order valence-electron chi connectivity index (χ0n) is 17.2. The number of benzene rings is 2. The number of hydrogen-bond acceptors (Lipinski definition) is 0. The predicted molar refractivity (Wildman–Crippen MR) is 128 cm³/mol. The fourth-order valence-corrected chi connectivity index (χ4v) is 3.27. The van der Waals surface area contributed by atoms with E-state index in [0.717, 1.165) is 39.0 Å². The van der Waals surface area contributed by atoms with Crippen LogP contribution in [-0.2, 0) is 0 Å². The molecular weight excluding hydrogens is 338 g/mol. The van der Waals surface area contributed by atoms with E-state index >= 15 is 0 Å². The van der Waals surface area contributed by atoms with Crippen molar-refractivity contribution in [2.45, 2.75) is 20.8 Å². The van der Waals surface area contributed by atoms with Crippen LogP contribution in [0, 0.1) is 0 Å². The third-order valence-electron chi connectivity index (χ3n) is 4.48. The van der Waals surface area contributed by atoms with Crippen molar-refractivity contribution in [1.29, 1.82) is 0 Å². The van der Waals surface area contributed by atoms with Crippen LogP contribution in [0.15, 0.2) is 92.6 Å². The van der Waals surface area contributed by atoms with Crippen molar-refractivity contribution in [2.24, 2.45) is 0 Å². The fraction of sp³-hybridized carbons (Fsp3) is 0.111. The molecule has 0 fully saturated rings. The molecule has 0 saturated carbocycles. The van der Waals surface area contributed by atoms with Gasteiger partial charge in [0.2, 0.25) is 0 Å². The van der Waals surface area contributed by atoms with E-state index in [1.165, 1.54) is 0 Å². The molecule has 0 N–H and O–H groups in total. The third-order valence-corrected chi connectivity index (χ3v) is 4.48. The summed E-state index contributed by atoms with van der Waals surface area (Å²) < 4.78 is 2.23. The molecule has 0 unspecified atom stereocenters. The molecule has 142 valence electrons. The molecule has 3 rings (SSSR count). The number of rotatable bonds is 6. The van der Waals surface area contributed by atoms with Crippen molar-refractivity contribution in [2.75, 3.05) is 0 Å². The standard InChI is InChI=1S/C25H23N.C2H6/c1-5-9-13-19(6-2)20-16-17-25-23(18-20)22(7-3)24(8-4)26(25)21-14-11-10-12-15-21;1-2/h5-18H,2-4H2,1H3;1-2H3/b9-5-,19-13+;. The summed E-state index contributed by atoms with van der Waals surface area (Å²) in [5, 5.41) is 1.16. The fourth-order valence-electron chi connectivity index (χ4n) is 3.27. The SMILES string of the molecule is C=C/C(=C\C=C/C)c1ccc2c(c1)c(C=C)c(C=C)n2-c1ccccc1.CC. The van der Waals surface area contributed by atoms with Crippen LogP contribution < -0.4 is 0 Å². The highest BCUT2D eigenvalue weighted by Gasteiger charge is 2.15. The van der Waals surface area contributed by atoms with Gasteiger partial charge in [-0.1, -0.05) is 88.2 Å². The number of allylic oxidation sites excluding steroid dienone is 5. The Morgan fingerprint density at radius 2 is 1.64 bits per heavy atom. The van der Waals surface area contributed by atoms with Gasteiger partial charge in [0.15, 0.2) is 0 Å². The van der Waals surface area contributed by atoms with E-state index in [4.69, 9.17) is 0 Å². The molecule has 2 aromatic carbocycles.